The van der Waals surface area contributed by atoms with Crippen LogP contribution in [0.4, 0.5) is 0 Å². The molecule has 10 rings (SSSR count). The molecular formula is C48H42N2. The zero-order chi connectivity index (χ0) is 33.0. The van der Waals surface area contributed by atoms with Gasteiger partial charge in [0.2, 0.25) is 0 Å². The van der Waals surface area contributed by atoms with Crippen molar-refractivity contribution in [3.05, 3.63) is 156 Å². The second-order valence-electron chi connectivity index (χ2n) is 14.6. The number of rotatable bonds is 5. The number of hydrogen-bond donors (Lipinski definition) is 0. The van der Waals surface area contributed by atoms with Crippen molar-refractivity contribution in [1.82, 2.24) is 9.13 Å². The van der Waals surface area contributed by atoms with E-state index in [4.69, 9.17) is 0 Å². The topological polar surface area (TPSA) is 9.86 Å². The Morgan fingerprint density at radius 1 is 0.460 bits per heavy atom. The second kappa shape index (κ2) is 12.2. The molecule has 0 aliphatic heterocycles. The third kappa shape index (κ3) is 4.92. The fourth-order valence-electron chi connectivity index (χ4n) is 9.17. The van der Waals surface area contributed by atoms with Crippen molar-refractivity contribution in [3.8, 4) is 11.1 Å². The minimum atomic E-state index is 0.757. The van der Waals surface area contributed by atoms with E-state index in [0.717, 1.165) is 31.6 Å². The summed E-state index contributed by atoms with van der Waals surface area (Å²) < 4.78 is 5.00. The van der Waals surface area contributed by atoms with Gasteiger partial charge in [0, 0.05) is 32.9 Å². The number of para-hydroxylation sites is 2. The van der Waals surface area contributed by atoms with Crippen molar-refractivity contribution in [2.75, 3.05) is 0 Å². The van der Waals surface area contributed by atoms with Crippen LogP contribution in [0.1, 0.15) is 57.8 Å². The van der Waals surface area contributed by atoms with Gasteiger partial charge in [0.15, 0.2) is 0 Å². The standard InChI is InChI=1S/C48H42N2/c1-3-11-33(12-4-1)34-19-21-35(22-20-34)36-23-27-40(28-24-36)50-46-18-10-8-16-42(46)44-32-38(26-30-48(44)50)37-25-29-47-43(31-37)41-15-7-9-17-45(41)49(47)39-13-5-2-6-14-39/h1-3,5,7-10,13,15-19,21,23,25-27,29-33H,4,6,11-12,14,20,22,24,28H2. The number of nitrogens with zero attached hydrogens (tertiary/aromatic N) is 2. The highest BCUT2D eigenvalue weighted by molar-refractivity contribution is 6.13. The van der Waals surface area contributed by atoms with Gasteiger partial charge in [-0.3, -0.25) is 0 Å². The molecule has 2 aromatic heterocycles. The highest BCUT2D eigenvalue weighted by Gasteiger charge is 2.21. The van der Waals surface area contributed by atoms with Crippen LogP contribution in [0, 0.1) is 5.92 Å². The van der Waals surface area contributed by atoms with E-state index >= 15 is 0 Å². The Kier molecular flexibility index (Phi) is 7.22. The highest BCUT2D eigenvalue weighted by atomic mass is 15.0. The van der Waals surface area contributed by atoms with Gasteiger partial charge in [0.05, 0.1) is 22.1 Å². The van der Waals surface area contributed by atoms with Crippen LogP contribution in [-0.2, 0) is 0 Å². The molecule has 1 unspecified atom stereocenters. The van der Waals surface area contributed by atoms with Gasteiger partial charge in [0.1, 0.15) is 0 Å². The molecule has 1 atom stereocenters. The molecule has 0 saturated heterocycles. The van der Waals surface area contributed by atoms with Gasteiger partial charge in [-0.15, -0.1) is 0 Å². The summed E-state index contributed by atoms with van der Waals surface area (Å²) in [5, 5.41) is 5.27. The molecule has 4 aliphatic carbocycles. The summed E-state index contributed by atoms with van der Waals surface area (Å²) in [5.74, 6) is 0.757. The Bertz CT molecular complexity index is 2570. The summed E-state index contributed by atoms with van der Waals surface area (Å²) in [6.07, 6.45) is 31.7. The Balaban J connectivity index is 1.02. The van der Waals surface area contributed by atoms with Gasteiger partial charge in [-0.05, 0) is 135 Å². The maximum absolute atomic E-state index is 2.52. The summed E-state index contributed by atoms with van der Waals surface area (Å²) in [7, 11) is 0. The lowest BCUT2D eigenvalue weighted by atomic mass is 9.80. The number of fused-ring (bicyclic) bond motifs is 6. The first-order chi connectivity index (χ1) is 24.8. The van der Waals surface area contributed by atoms with Crippen LogP contribution in [0.15, 0.2) is 156 Å². The molecule has 6 aromatic rings. The maximum atomic E-state index is 2.52. The lowest BCUT2D eigenvalue weighted by Crippen LogP contribution is -2.09. The smallest absolute Gasteiger partial charge is 0.0538 e. The van der Waals surface area contributed by atoms with E-state index in [1.165, 1.54) is 109 Å². The quantitative estimate of drug-likeness (QED) is 0.165. The predicted molar refractivity (Wildman–Crippen MR) is 214 cm³/mol. The van der Waals surface area contributed by atoms with E-state index in [1.54, 1.807) is 5.57 Å². The first-order valence-corrected chi connectivity index (χ1v) is 18.7. The Labute approximate surface area is 294 Å². The lowest BCUT2D eigenvalue weighted by molar-refractivity contribution is 0.530. The fourth-order valence-corrected chi connectivity index (χ4v) is 9.17. The van der Waals surface area contributed by atoms with E-state index in [9.17, 15) is 0 Å². The lowest BCUT2D eigenvalue weighted by Gasteiger charge is -2.26. The molecule has 2 nitrogen and oxygen atoms in total. The van der Waals surface area contributed by atoms with Crippen molar-refractivity contribution < 1.29 is 0 Å². The van der Waals surface area contributed by atoms with E-state index < -0.39 is 0 Å². The van der Waals surface area contributed by atoms with Crippen LogP contribution in [0.25, 0.3) is 66.1 Å². The fraction of sp³-hybridized carbons (Fsp3) is 0.208. The second-order valence-corrected chi connectivity index (χ2v) is 14.6. The van der Waals surface area contributed by atoms with Gasteiger partial charge in [-0.25, -0.2) is 0 Å². The minimum absolute atomic E-state index is 0.757. The molecule has 0 saturated carbocycles. The van der Waals surface area contributed by atoms with E-state index in [0.29, 0.717) is 0 Å². The van der Waals surface area contributed by atoms with Gasteiger partial charge in [-0.1, -0.05) is 96.6 Å². The molecule has 2 heterocycles. The van der Waals surface area contributed by atoms with Crippen LogP contribution >= 0.6 is 0 Å². The van der Waals surface area contributed by atoms with Crippen molar-refractivity contribution in [3.63, 3.8) is 0 Å². The van der Waals surface area contributed by atoms with Crippen LogP contribution in [0.5, 0.6) is 0 Å². The molecule has 0 fully saturated rings. The number of aromatic nitrogens is 2. The third-order valence-electron chi connectivity index (χ3n) is 11.8. The third-order valence-corrected chi connectivity index (χ3v) is 11.8. The zero-order valence-corrected chi connectivity index (χ0v) is 28.6. The van der Waals surface area contributed by atoms with Crippen LogP contribution in [-0.4, -0.2) is 9.13 Å². The van der Waals surface area contributed by atoms with Gasteiger partial charge in [-0.2, -0.15) is 0 Å². The van der Waals surface area contributed by atoms with E-state index in [-0.39, 0.29) is 0 Å². The van der Waals surface area contributed by atoms with Crippen molar-refractivity contribution in [1.29, 1.82) is 0 Å². The van der Waals surface area contributed by atoms with Gasteiger partial charge in [0.25, 0.3) is 0 Å². The van der Waals surface area contributed by atoms with Gasteiger partial charge >= 0.3 is 0 Å². The van der Waals surface area contributed by atoms with Crippen LogP contribution in [0.2, 0.25) is 0 Å². The maximum Gasteiger partial charge on any atom is 0.0538 e. The molecule has 4 aromatic carbocycles. The van der Waals surface area contributed by atoms with Crippen LogP contribution in [0.3, 0.4) is 0 Å². The molecule has 2 heteroatoms. The first kappa shape index (κ1) is 29.6. The SMILES string of the molecule is C1=CCCC(n2c3ccccc3c3cc(-c4ccc5c(c4)c4ccccc4n5C4=CC=C(C5=CC=C(C6CC=CCC6)CC5)CC4)ccc32)=C1. The molecule has 0 spiro atoms. The molecule has 0 radical (unpaired) electrons. The number of hydrogen-bond acceptors (Lipinski definition) is 0. The number of benzene rings is 4. The first-order valence-electron chi connectivity index (χ1n) is 18.7. The van der Waals surface area contributed by atoms with Crippen molar-refractivity contribution in [2.24, 2.45) is 5.92 Å². The van der Waals surface area contributed by atoms with Crippen molar-refractivity contribution >= 4 is 55.0 Å². The average molecular weight is 647 g/mol. The van der Waals surface area contributed by atoms with Crippen molar-refractivity contribution in [2.45, 2.75) is 57.8 Å². The number of allylic oxidation sites excluding steroid dienone is 14. The normalized spacial score (nSPS) is 19.5. The molecule has 0 amide bonds. The molecule has 244 valence electrons. The Hall–Kier alpha value is -5.34. The largest absolute Gasteiger partial charge is 0.313 e. The Morgan fingerprint density at radius 2 is 1.08 bits per heavy atom. The highest BCUT2D eigenvalue weighted by Crippen LogP contribution is 2.41. The molecule has 0 N–H and O–H groups in total. The van der Waals surface area contributed by atoms with E-state index in [1.807, 2.05) is 0 Å². The molecule has 0 bridgehead atoms. The molecule has 50 heavy (non-hydrogen) atoms. The molecule has 4 aliphatic rings. The average Bonchev–Trinajstić information content (AvgIpc) is 3.71. The summed E-state index contributed by atoms with van der Waals surface area (Å²) in [5.41, 5.74) is 15.2. The summed E-state index contributed by atoms with van der Waals surface area (Å²) in [6.45, 7) is 0. The monoisotopic (exact) mass is 646 g/mol. The summed E-state index contributed by atoms with van der Waals surface area (Å²) in [6, 6.07) is 32.0. The van der Waals surface area contributed by atoms with Crippen LogP contribution < -0.4 is 0 Å². The minimum Gasteiger partial charge on any atom is -0.313 e. The summed E-state index contributed by atoms with van der Waals surface area (Å²) >= 11 is 0. The predicted octanol–water partition coefficient (Wildman–Crippen LogP) is 13.3. The Morgan fingerprint density at radius 3 is 1.64 bits per heavy atom. The molecular weight excluding hydrogens is 605 g/mol. The summed E-state index contributed by atoms with van der Waals surface area (Å²) in [4.78, 5) is 0. The van der Waals surface area contributed by atoms with E-state index in [2.05, 4.69) is 149 Å². The zero-order valence-electron chi connectivity index (χ0n) is 28.6. The van der Waals surface area contributed by atoms with Gasteiger partial charge < -0.3 is 9.13 Å².